The number of para-hydroxylation sites is 1. The van der Waals surface area contributed by atoms with E-state index < -0.39 is 5.25 Å². The number of nitrogens with zero attached hydrogens (tertiary/aromatic N) is 2. The third-order valence-corrected chi connectivity index (χ3v) is 6.46. The van der Waals surface area contributed by atoms with E-state index in [1.54, 1.807) is 31.4 Å². The largest absolute Gasteiger partial charge is 0.497 e. The summed E-state index contributed by atoms with van der Waals surface area (Å²) in [5, 5.41) is 3.31. The lowest BCUT2D eigenvalue weighted by atomic mass is 10.2. The third-order valence-electron chi connectivity index (χ3n) is 5.35. The number of carbonyl (C=O) groups is 2. The van der Waals surface area contributed by atoms with Gasteiger partial charge in [0.05, 0.1) is 25.9 Å². The van der Waals surface area contributed by atoms with Crippen molar-refractivity contribution in [2.75, 3.05) is 23.9 Å². The molecule has 35 heavy (non-hydrogen) atoms. The number of hydrogen-bond donors (Lipinski definition) is 1. The summed E-state index contributed by atoms with van der Waals surface area (Å²) >= 11 is 1.27. The molecule has 1 N–H and O–H groups in total. The Bertz CT molecular complexity index is 1180. The van der Waals surface area contributed by atoms with Gasteiger partial charge in [0.25, 0.3) is 0 Å². The molecule has 180 valence electrons. The highest BCUT2D eigenvalue weighted by molar-refractivity contribution is 8.15. The zero-order valence-corrected chi connectivity index (χ0v) is 20.5. The van der Waals surface area contributed by atoms with Crippen LogP contribution < -0.4 is 19.7 Å². The molecule has 7 nitrogen and oxygen atoms in total. The van der Waals surface area contributed by atoms with Gasteiger partial charge in [-0.25, -0.2) is 4.90 Å². The highest BCUT2D eigenvalue weighted by atomic mass is 32.2. The molecule has 1 heterocycles. The lowest BCUT2D eigenvalue weighted by molar-refractivity contribution is -0.121. The monoisotopic (exact) mass is 489 g/mol. The summed E-state index contributed by atoms with van der Waals surface area (Å²) in [7, 11) is 1.63. The van der Waals surface area contributed by atoms with Crippen LogP contribution >= 0.6 is 11.8 Å². The summed E-state index contributed by atoms with van der Waals surface area (Å²) in [6, 6.07) is 24.3. The van der Waals surface area contributed by atoms with Crippen molar-refractivity contribution in [1.29, 1.82) is 0 Å². The van der Waals surface area contributed by atoms with Crippen molar-refractivity contribution in [1.82, 2.24) is 0 Å². The first-order valence-corrected chi connectivity index (χ1v) is 12.2. The topological polar surface area (TPSA) is 80.2 Å². The maximum Gasteiger partial charge on any atom is 0.247 e. The number of rotatable bonds is 8. The molecule has 1 saturated heterocycles. The number of imide groups is 1. The zero-order valence-electron chi connectivity index (χ0n) is 19.6. The van der Waals surface area contributed by atoms with Crippen LogP contribution in [0.3, 0.4) is 0 Å². The first-order chi connectivity index (χ1) is 17.1. The van der Waals surface area contributed by atoms with Crippen molar-refractivity contribution in [3.05, 3.63) is 84.4 Å². The smallest absolute Gasteiger partial charge is 0.247 e. The average Bonchev–Trinajstić information content (AvgIpc) is 3.16. The van der Waals surface area contributed by atoms with Crippen LogP contribution in [-0.2, 0) is 16.1 Å². The van der Waals surface area contributed by atoms with Crippen LogP contribution in [0.2, 0.25) is 0 Å². The SMILES string of the molecule is CCOc1ccc(N2C(=O)CC(SC(=NCc3ccc(OC)cc3)Nc3ccccc3)C2=O)cc1. The lowest BCUT2D eigenvalue weighted by Gasteiger charge is -2.16. The van der Waals surface area contributed by atoms with E-state index in [2.05, 4.69) is 5.32 Å². The molecule has 0 spiro atoms. The number of amides is 2. The number of carbonyl (C=O) groups excluding carboxylic acids is 2. The Labute approximate surface area is 209 Å². The molecule has 2 amide bonds. The number of amidine groups is 1. The van der Waals surface area contributed by atoms with E-state index in [1.165, 1.54) is 16.7 Å². The predicted octanol–water partition coefficient (Wildman–Crippen LogP) is 5.13. The van der Waals surface area contributed by atoms with Gasteiger partial charge in [-0.15, -0.1) is 0 Å². The van der Waals surface area contributed by atoms with E-state index in [1.807, 2.05) is 61.5 Å². The second-order valence-electron chi connectivity index (χ2n) is 7.77. The summed E-state index contributed by atoms with van der Waals surface area (Å²) in [6.45, 7) is 2.87. The number of anilines is 2. The Kier molecular flexibility index (Phi) is 8.05. The molecular formula is C27H27N3O4S. The van der Waals surface area contributed by atoms with Crippen molar-refractivity contribution >= 4 is 40.1 Å². The van der Waals surface area contributed by atoms with Gasteiger partial charge in [-0.2, -0.15) is 0 Å². The fraction of sp³-hybridized carbons (Fsp3) is 0.222. The zero-order chi connectivity index (χ0) is 24.6. The molecule has 1 aliphatic heterocycles. The van der Waals surface area contributed by atoms with Gasteiger partial charge in [0.1, 0.15) is 16.7 Å². The van der Waals surface area contributed by atoms with Gasteiger partial charge in [-0.3, -0.25) is 14.6 Å². The predicted molar refractivity (Wildman–Crippen MR) is 140 cm³/mol. The summed E-state index contributed by atoms with van der Waals surface area (Å²) in [4.78, 5) is 32.0. The lowest BCUT2D eigenvalue weighted by Crippen LogP contribution is -2.31. The summed E-state index contributed by atoms with van der Waals surface area (Å²) in [5.41, 5.74) is 2.40. The molecule has 1 fully saturated rings. The molecule has 1 aliphatic rings. The minimum absolute atomic E-state index is 0.106. The van der Waals surface area contributed by atoms with Gasteiger partial charge >= 0.3 is 0 Å². The van der Waals surface area contributed by atoms with E-state index in [-0.39, 0.29) is 18.2 Å². The van der Waals surface area contributed by atoms with E-state index in [0.29, 0.717) is 29.8 Å². The molecule has 0 bridgehead atoms. The van der Waals surface area contributed by atoms with Gasteiger partial charge < -0.3 is 14.8 Å². The fourth-order valence-electron chi connectivity index (χ4n) is 3.61. The number of benzene rings is 3. The van der Waals surface area contributed by atoms with E-state index in [9.17, 15) is 9.59 Å². The first kappa shape index (κ1) is 24.3. The fourth-order valence-corrected chi connectivity index (χ4v) is 4.62. The Morgan fingerprint density at radius 2 is 1.69 bits per heavy atom. The number of ether oxygens (including phenoxy) is 2. The third kappa shape index (κ3) is 6.22. The van der Waals surface area contributed by atoms with Crippen molar-refractivity contribution in [3.63, 3.8) is 0 Å². The molecule has 1 unspecified atom stereocenters. The van der Waals surface area contributed by atoms with Gasteiger partial charge in [-0.1, -0.05) is 42.1 Å². The Hall–Kier alpha value is -3.78. The van der Waals surface area contributed by atoms with Crippen LogP contribution in [0, 0.1) is 0 Å². The Balaban J connectivity index is 1.51. The Morgan fingerprint density at radius 1 is 1.00 bits per heavy atom. The standard InChI is InChI=1S/C27H27N3O4S/c1-3-34-23-15-11-21(12-16-23)30-25(31)17-24(26(30)32)35-27(29-20-7-5-4-6-8-20)28-18-19-9-13-22(33-2)14-10-19/h4-16,24H,3,17-18H2,1-2H3,(H,28,29). The van der Waals surface area contributed by atoms with Gasteiger partial charge in [0, 0.05) is 12.1 Å². The van der Waals surface area contributed by atoms with Crippen LogP contribution in [0.5, 0.6) is 11.5 Å². The van der Waals surface area contributed by atoms with E-state index >= 15 is 0 Å². The minimum Gasteiger partial charge on any atom is -0.497 e. The van der Waals surface area contributed by atoms with Gasteiger partial charge in [-0.05, 0) is 61.0 Å². The molecule has 0 aromatic heterocycles. The normalized spacial score (nSPS) is 15.9. The molecule has 1 atom stereocenters. The molecule has 0 saturated carbocycles. The summed E-state index contributed by atoms with van der Waals surface area (Å²) in [5.74, 6) is 0.988. The van der Waals surface area contributed by atoms with Gasteiger partial charge in [0.2, 0.25) is 11.8 Å². The van der Waals surface area contributed by atoms with Crippen LogP contribution in [0.15, 0.2) is 83.9 Å². The molecule has 4 rings (SSSR count). The number of aliphatic imine (C=N–C) groups is 1. The minimum atomic E-state index is -0.570. The highest BCUT2D eigenvalue weighted by Gasteiger charge is 2.40. The number of methoxy groups -OCH3 is 1. The molecule has 3 aromatic carbocycles. The second-order valence-corrected chi connectivity index (χ2v) is 8.96. The average molecular weight is 490 g/mol. The maximum absolute atomic E-state index is 13.2. The number of nitrogens with one attached hydrogen (secondary N) is 1. The van der Waals surface area contributed by atoms with E-state index in [0.717, 1.165) is 17.0 Å². The second kappa shape index (κ2) is 11.6. The molecule has 8 heteroatoms. The number of hydrogen-bond acceptors (Lipinski definition) is 6. The molecule has 0 radical (unpaired) electrons. The quantitative estimate of drug-likeness (QED) is 0.269. The molecule has 3 aromatic rings. The summed E-state index contributed by atoms with van der Waals surface area (Å²) in [6.07, 6.45) is 0.106. The van der Waals surface area contributed by atoms with Crippen LogP contribution in [-0.4, -0.2) is 35.9 Å². The van der Waals surface area contributed by atoms with Crippen LogP contribution in [0.4, 0.5) is 11.4 Å². The maximum atomic E-state index is 13.2. The molecule has 0 aliphatic carbocycles. The van der Waals surface area contributed by atoms with Crippen molar-refractivity contribution < 1.29 is 19.1 Å². The van der Waals surface area contributed by atoms with Crippen molar-refractivity contribution in [3.8, 4) is 11.5 Å². The van der Waals surface area contributed by atoms with Crippen molar-refractivity contribution in [2.24, 2.45) is 4.99 Å². The van der Waals surface area contributed by atoms with E-state index in [4.69, 9.17) is 14.5 Å². The van der Waals surface area contributed by atoms with Crippen LogP contribution in [0.1, 0.15) is 18.9 Å². The molecular weight excluding hydrogens is 462 g/mol. The highest BCUT2D eigenvalue weighted by Crippen LogP contribution is 2.32. The van der Waals surface area contributed by atoms with Crippen LogP contribution in [0.25, 0.3) is 0 Å². The van der Waals surface area contributed by atoms with Gasteiger partial charge in [0.15, 0.2) is 5.17 Å². The van der Waals surface area contributed by atoms with Crippen molar-refractivity contribution in [2.45, 2.75) is 25.1 Å². The first-order valence-electron chi connectivity index (χ1n) is 11.3. The summed E-state index contributed by atoms with van der Waals surface area (Å²) < 4.78 is 10.7. The number of thioether (sulfide) groups is 1. The Morgan fingerprint density at radius 3 is 2.34 bits per heavy atom.